The molecule has 9 heteroatoms. The van der Waals surface area contributed by atoms with Gasteiger partial charge in [-0.3, -0.25) is 0 Å². The van der Waals surface area contributed by atoms with Gasteiger partial charge in [0.1, 0.15) is 5.75 Å². The molecule has 36 heavy (non-hydrogen) atoms. The molecule has 2 aromatic carbocycles. The number of carboxylic acid groups (broad SMARTS) is 1. The highest BCUT2D eigenvalue weighted by Crippen LogP contribution is 2.38. The summed E-state index contributed by atoms with van der Waals surface area (Å²) in [5.74, 6) is 1.44. The predicted molar refractivity (Wildman–Crippen MR) is 138 cm³/mol. The first-order valence-corrected chi connectivity index (χ1v) is 11.5. The molecule has 0 bridgehead atoms. The summed E-state index contributed by atoms with van der Waals surface area (Å²) in [5, 5.41) is 21.3. The van der Waals surface area contributed by atoms with Crippen LogP contribution < -0.4 is 30.0 Å². The van der Waals surface area contributed by atoms with Crippen molar-refractivity contribution >= 4 is 12.0 Å². The third-order valence-corrected chi connectivity index (χ3v) is 5.72. The minimum atomic E-state index is -1.02. The van der Waals surface area contributed by atoms with Crippen molar-refractivity contribution in [3.63, 3.8) is 0 Å². The van der Waals surface area contributed by atoms with Crippen molar-refractivity contribution in [1.82, 2.24) is 5.32 Å². The van der Waals surface area contributed by atoms with Crippen molar-refractivity contribution in [1.29, 1.82) is 0 Å². The van der Waals surface area contributed by atoms with Gasteiger partial charge in [-0.15, -0.1) is 0 Å². The fraction of sp³-hybridized carbons (Fsp3) is 0.370. The lowest BCUT2D eigenvalue weighted by Gasteiger charge is -2.26. The van der Waals surface area contributed by atoms with Crippen LogP contribution in [0.1, 0.15) is 30.4 Å². The number of aliphatic hydroxyl groups is 1. The molecule has 3 rings (SSSR count). The zero-order chi connectivity index (χ0) is 26.5. The average molecular weight is 501 g/mol. The van der Waals surface area contributed by atoms with Crippen LogP contribution in [0.25, 0.3) is 6.08 Å². The number of nitrogens with one attached hydrogen (secondary N) is 1. The van der Waals surface area contributed by atoms with Crippen LogP contribution in [-0.2, 0) is 11.3 Å². The van der Waals surface area contributed by atoms with Crippen LogP contribution in [0.5, 0.6) is 23.0 Å². The summed E-state index contributed by atoms with van der Waals surface area (Å²) < 4.78 is 20.6. The minimum absolute atomic E-state index is 0.158. The second-order valence-electron chi connectivity index (χ2n) is 8.04. The van der Waals surface area contributed by atoms with E-state index in [0.29, 0.717) is 22.8 Å². The molecule has 1 unspecified atom stereocenters. The van der Waals surface area contributed by atoms with Crippen molar-refractivity contribution in [3.8, 4) is 23.0 Å². The summed E-state index contributed by atoms with van der Waals surface area (Å²) in [6, 6.07) is 11.3. The quantitative estimate of drug-likeness (QED) is 0.362. The van der Waals surface area contributed by atoms with Crippen LogP contribution in [0.3, 0.4) is 0 Å². The first kappa shape index (κ1) is 28.4. The van der Waals surface area contributed by atoms with Crippen LogP contribution in [0.2, 0.25) is 0 Å². The number of ether oxygens (including phenoxy) is 4. The van der Waals surface area contributed by atoms with Gasteiger partial charge >= 0.3 is 5.97 Å². The number of carboxylic acids is 1. The SMILES string of the molecule is COc1cc(/C=C/C(=O)O)cc(OC)c1OC.COc1ccc(CNC2=C(N)CCCC2CO)cc1. The molecule has 0 heterocycles. The largest absolute Gasteiger partial charge is 0.497 e. The molecular formula is C27H36N2O7. The molecule has 0 amide bonds. The number of aliphatic carboxylic acids is 1. The van der Waals surface area contributed by atoms with Gasteiger partial charge in [0.2, 0.25) is 5.75 Å². The average Bonchev–Trinajstić information content (AvgIpc) is 2.90. The molecular weight excluding hydrogens is 464 g/mol. The lowest BCUT2D eigenvalue weighted by molar-refractivity contribution is -0.131. The molecule has 1 aliphatic carbocycles. The highest BCUT2D eigenvalue weighted by atomic mass is 16.5. The molecule has 1 atom stereocenters. The van der Waals surface area contributed by atoms with E-state index in [0.717, 1.165) is 49.0 Å². The van der Waals surface area contributed by atoms with Crippen LogP contribution in [0.4, 0.5) is 0 Å². The number of nitrogens with two attached hydrogens (primary N) is 1. The second kappa shape index (κ2) is 14.5. The lowest BCUT2D eigenvalue weighted by Crippen LogP contribution is -2.29. The molecule has 0 radical (unpaired) electrons. The zero-order valence-corrected chi connectivity index (χ0v) is 21.2. The highest BCUT2D eigenvalue weighted by molar-refractivity contribution is 5.85. The Kier molecular flexibility index (Phi) is 11.5. The zero-order valence-electron chi connectivity index (χ0n) is 21.2. The van der Waals surface area contributed by atoms with Gasteiger partial charge in [0.15, 0.2) is 11.5 Å². The Morgan fingerprint density at radius 3 is 2.19 bits per heavy atom. The summed E-state index contributed by atoms with van der Waals surface area (Å²) in [6.45, 7) is 0.877. The first-order valence-electron chi connectivity index (χ1n) is 11.5. The molecule has 2 aromatic rings. The number of carbonyl (C=O) groups is 1. The Hall–Kier alpha value is -3.85. The summed E-state index contributed by atoms with van der Waals surface area (Å²) >= 11 is 0. The number of allylic oxidation sites excluding steroid dienone is 1. The third kappa shape index (κ3) is 8.13. The number of rotatable bonds is 10. The van der Waals surface area contributed by atoms with E-state index in [1.165, 1.54) is 33.0 Å². The number of benzene rings is 2. The Labute approximate surface area is 212 Å². The monoisotopic (exact) mass is 500 g/mol. The summed E-state index contributed by atoms with van der Waals surface area (Å²) in [5.41, 5.74) is 9.77. The standard InChI is InChI=1S/C15H22N2O2.C12H14O5/c1-19-13-7-5-11(6-8-13)9-17-15-12(10-18)3-2-4-14(15)16;1-15-9-6-8(4-5-11(13)14)7-10(16-2)12(9)17-3/h5-8,12,17-18H,2-4,9-10,16H2,1H3;4-7H,1-3H3,(H,13,14)/b;5-4+. The fourth-order valence-electron chi connectivity index (χ4n) is 3.83. The maximum Gasteiger partial charge on any atom is 0.328 e. The predicted octanol–water partition coefficient (Wildman–Crippen LogP) is 3.56. The van der Waals surface area contributed by atoms with Crippen molar-refractivity contribution in [3.05, 3.63) is 65.0 Å². The normalized spacial score (nSPS) is 15.1. The molecule has 196 valence electrons. The molecule has 5 N–H and O–H groups in total. The van der Waals surface area contributed by atoms with Crippen molar-refractivity contribution in [2.45, 2.75) is 25.8 Å². The minimum Gasteiger partial charge on any atom is -0.497 e. The number of aliphatic hydroxyl groups excluding tert-OH is 1. The number of methoxy groups -OCH3 is 4. The van der Waals surface area contributed by atoms with Gasteiger partial charge < -0.3 is 40.2 Å². The number of hydrogen-bond donors (Lipinski definition) is 4. The van der Waals surface area contributed by atoms with Gasteiger partial charge in [0.25, 0.3) is 0 Å². The van der Waals surface area contributed by atoms with Crippen LogP contribution in [-0.4, -0.2) is 51.2 Å². The topological polar surface area (TPSA) is 132 Å². The van der Waals surface area contributed by atoms with E-state index in [2.05, 4.69) is 5.32 Å². The van der Waals surface area contributed by atoms with Crippen LogP contribution >= 0.6 is 0 Å². The molecule has 9 nitrogen and oxygen atoms in total. The highest BCUT2D eigenvalue weighted by Gasteiger charge is 2.20. The molecule has 0 fully saturated rings. The van der Waals surface area contributed by atoms with Crippen molar-refractivity contribution in [2.75, 3.05) is 35.0 Å². The Morgan fingerprint density at radius 1 is 1.06 bits per heavy atom. The lowest BCUT2D eigenvalue weighted by atomic mass is 9.90. The van der Waals surface area contributed by atoms with Gasteiger partial charge in [-0.2, -0.15) is 0 Å². The van der Waals surface area contributed by atoms with Gasteiger partial charge in [-0.05, 0) is 60.7 Å². The molecule has 0 aromatic heterocycles. The van der Waals surface area contributed by atoms with Gasteiger partial charge in [0, 0.05) is 29.9 Å². The molecule has 0 spiro atoms. The summed E-state index contributed by atoms with van der Waals surface area (Å²) in [4.78, 5) is 10.4. The Balaban J connectivity index is 0.000000255. The first-order chi connectivity index (χ1) is 17.4. The van der Waals surface area contributed by atoms with E-state index in [4.69, 9.17) is 29.8 Å². The molecule has 0 saturated carbocycles. The maximum atomic E-state index is 10.4. The van der Waals surface area contributed by atoms with E-state index >= 15 is 0 Å². The van der Waals surface area contributed by atoms with Crippen LogP contribution in [0, 0.1) is 5.92 Å². The van der Waals surface area contributed by atoms with Gasteiger partial charge in [-0.25, -0.2) is 4.79 Å². The molecule has 1 aliphatic rings. The van der Waals surface area contributed by atoms with Gasteiger partial charge in [0.05, 0.1) is 35.0 Å². The third-order valence-electron chi connectivity index (χ3n) is 5.72. The van der Waals surface area contributed by atoms with E-state index in [1.54, 1.807) is 19.2 Å². The Morgan fingerprint density at radius 2 is 1.69 bits per heavy atom. The maximum absolute atomic E-state index is 10.4. The summed E-state index contributed by atoms with van der Waals surface area (Å²) in [7, 11) is 6.17. The van der Waals surface area contributed by atoms with E-state index in [1.807, 2.05) is 24.3 Å². The molecule has 0 saturated heterocycles. The van der Waals surface area contributed by atoms with E-state index < -0.39 is 5.97 Å². The van der Waals surface area contributed by atoms with Gasteiger partial charge in [-0.1, -0.05) is 12.1 Å². The van der Waals surface area contributed by atoms with E-state index in [9.17, 15) is 9.90 Å². The molecule has 0 aliphatic heterocycles. The van der Waals surface area contributed by atoms with Crippen molar-refractivity contribution in [2.24, 2.45) is 11.7 Å². The fourth-order valence-corrected chi connectivity index (χ4v) is 3.83. The van der Waals surface area contributed by atoms with E-state index in [-0.39, 0.29) is 12.5 Å². The Bertz CT molecular complexity index is 1020. The number of hydrogen-bond acceptors (Lipinski definition) is 8. The van der Waals surface area contributed by atoms with Crippen molar-refractivity contribution < 1.29 is 34.0 Å². The smallest absolute Gasteiger partial charge is 0.328 e. The van der Waals surface area contributed by atoms with Crippen LogP contribution in [0.15, 0.2) is 53.9 Å². The summed E-state index contributed by atoms with van der Waals surface area (Å²) in [6.07, 6.45) is 5.47. The second-order valence-corrected chi connectivity index (χ2v) is 8.04.